The van der Waals surface area contributed by atoms with Gasteiger partial charge in [-0.1, -0.05) is 72.8 Å². The molecule has 0 aliphatic carbocycles. The summed E-state index contributed by atoms with van der Waals surface area (Å²) in [5, 5.41) is 0. The zero-order valence-electron chi connectivity index (χ0n) is 10.9. The van der Waals surface area contributed by atoms with Crippen molar-refractivity contribution in [2.24, 2.45) is 0 Å². The molecule has 2 rings (SSSR count). The van der Waals surface area contributed by atoms with Gasteiger partial charge >= 0.3 is 0 Å². The quantitative estimate of drug-likeness (QED) is 0.641. The van der Waals surface area contributed by atoms with E-state index < -0.39 is 0 Å². The first-order chi connectivity index (χ1) is 8.77. The molecule has 0 nitrogen and oxygen atoms in total. The zero-order chi connectivity index (χ0) is 12.8. The molecule has 90 valence electrons. The monoisotopic (exact) mass is 234 g/mol. The van der Waals surface area contributed by atoms with Gasteiger partial charge in [0.25, 0.3) is 0 Å². The minimum atomic E-state index is 1.27. The standard InChI is InChI=1S/C18H18/c1-15(17-9-5-3-6-10-17)13-14-16(2)18-11-7-4-8-12-18/h3-14H,1-2H3/b15-13+,16-14+. The number of benzene rings is 2. The lowest BCUT2D eigenvalue weighted by Gasteiger charge is -2.01. The molecule has 2 aromatic carbocycles. The molecular formula is C18H18. The summed E-state index contributed by atoms with van der Waals surface area (Å²) in [4.78, 5) is 0. The Balaban J connectivity index is 2.20. The molecule has 18 heavy (non-hydrogen) atoms. The predicted octanol–water partition coefficient (Wildman–Crippen LogP) is 5.19. The van der Waals surface area contributed by atoms with Crippen molar-refractivity contribution < 1.29 is 0 Å². The van der Waals surface area contributed by atoms with Crippen molar-refractivity contribution in [3.63, 3.8) is 0 Å². The largest absolute Gasteiger partial charge is 0.0622 e. The van der Waals surface area contributed by atoms with Crippen LogP contribution in [0.15, 0.2) is 72.8 Å². The minimum Gasteiger partial charge on any atom is -0.0622 e. The van der Waals surface area contributed by atoms with Crippen molar-refractivity contribution in [2.75, 3.05) is 0 Å². The molecule has 0 N–H and O–H groups in total. The highest BCUT2D eigenvalue weighted by atomic mass is 14.0. The van der Waals surface area contributed by atoms with Crippen LogP contribution in [0.3, 0.4) is 0 Å². The van der Waals surface area contributed by atoms with E-state index in [2.05, 4.69) is 74.5 Å². The lowest BCUT2D eigenvalue weighted by Crippen LogP contribution is -1.79. The molecule has 0 aliphatic heterocycles. The van der Waals surface area contributed by atoms with Gasteiger partial charge < -0.3 is 0 Å². The average Bonchev–Trinajstić information content (AvgIpc) is 2.46. The highest BCUT2D eigenvalue weighted by Gasteiger charge is 1.94. The molecule has 0 amide bonds. The van der Waals surface area contributed by atoms with Gasteiger partial charge in [-0.05, 0) is 36.1 Å². The van der Waals surface area contributed by atoms with Gasteiger partial charge in [-0.3, -0.25) is 0 Å². The Hall–Kier alpha value is -2.08. The molecule has 0 unspecified atom stereocenters. The number of allylic oxidation sites excluding steroid dienone is 4. The molecule has 0 radical (unpaired) electrons. The molecular weight excluding hydrogens is 216 g/mol. The SMILES string of the molecule is C/C(=C\C=C(/C)c1ccccc1)c1ccccc1. The number of hydrogen-bond donors (Lipinski definition) is 0. The predicted molar refractivity (Wildman–Crippen MR) is 80.2 cm³/mol. The van der Waals surface area contributed by atoms with E-state index in [4.69, 9.17) is 0 Å². The van der Waals surface area contributed by atoms with E-state index in [1.165, 1.54) is 22.3 Å². The lowest BCUT2D eigenvalue weighted by molar-refractivity contribution is 1.55. The summed E-state index contributed by atoms with van der Waals surface area (Å²) in [6.07, 6.45) is 4.36. The summed E-state index contributed by atoms with van der Waals surface area (Å²) in [6, 6.07) is 20.9. The topological polar surface area (TPSA) is 0 Å². The van der Waals surface area contributed by atoms with Crippen molar-refractivity contribution in [1.82, 2.24) is 0 Å². The van der Waals surface area contributed by atoms with Gasteiger partial charge in [-0.2, -0.15) is 0 Å². The highest BCUT2D eigenvalue weighted by Crippen LogP contribution is 2.16. The van der Waals surface area contributed by atoms with Gasteiger partial charge in [-0.25, -0.2) is 0 Å². The number of hydrogen-bond acceptors (Lipinski definition) is 0. The summed E-state index contributed by atoms with van der Waals surface area (Å²) in [5.41, 5.74) is 5.11. The van der Waals surface area contributed by atoms with Crippen molar-refractivity contribution >= 4 is 11.1 Å². The van der Waals surface area contributed by atoms with Gasteiger partial charge in [0.1, 0.15) is 0 Å². The fraction of sp³-hybridized carbons (Fsp3) is 0.111. The smallest absolute Gasteiger partial charge is 0.0227 e. The Labute approximate surface area is 109 Å². The van der Waals surface area contributed by atoms with Crippen LogP contribution in [-0.4, -0.2) is 0 Å². The Morgan fingerprint density at radius 3 is 1.28 bits per heavy atom. The van der Waals surface area contributed by atoms with Crippen LogP contribution in [-0.2, 0) is 0 Å². The van der Waals surface area contributed by atoms with Crippen LogP contribution in [0.1, 0.15) is 25.0 Å². The van der Waals surface area contributed by atoms with Gasteiger partial charge in [0, 0.05) is 0 Å². The Kier molecular flexibility index (Phi) is 4.14. The second-order valence-electron chi connectivity index (χ2n) is 4.43. The Bertz CT molecular complexity index is 492. The third-order valence-corrected chi connectivity index (χ3v) is 3.04. The summed E-state index contributed by atoms with van der Waals surface area (Å²) in [5.74, 6) is 0. The summed E-state index contributed by atoms with van der Waals surface area (Å²) >= 11 is 0. The molecule has 0 saturated carbocycles. The van der Waals surface area contributed by atoms with Crippen LogP contribution in [0.25, 0.3) is 11.1 Å². The first kappa shape index (κ1) is 12.4. The van der Waals surface area contributed by atoms with Gasteiger partial charge in [0.2, 0.25) is 0 Å². The first-order valence-corrected chi connectivity index (χ1v) is 6.23. The van der Waals surface area contributed by atoms with Crippen molar-refractivity contribution in [3.05, 3.63) is 83.9 Å². The Morgan fingerprint density at radius 2 is 0.944 bits per heavy atom. The molecule has 0 heterocycles. The summed E-state index contributed by atoms with van der Waals surface area (Å²) < 4.78 is 0. The second-order valence-corrected chi connectivity index (χ2v) is 4.43. The van der Waals surface area contributed by atoms with Crippen LogP contribution in [0.5, 0.6) is 0 Å². The fourth-order valence-corrected chi connectivity index (χ4v) is 1.84. The molecule has 0 fully saturated rings. The van der Waals surface area contributed by atoms with E-state index in [1.807, 2.05) is 12.1 Å². The van der Waals surface area contributed by atoms with Crippen LogP contribution in [0, 0.1) is 0 Å². The molecule has 0 heteroatoms. The van der Waals surface area contributed by atoms with E-state index in [0.717, 1.165) is 0 Å². The molecule has 0 spiro atoms. The van der Waals surface area contributed by atoms with E-state index in [0.29, 0.717) is 0 Å². The minimum absolute atomic E-state index is 1.27. The van der Waals surface area contributed by atoms with E-state index in [-0.39, 0.29) is 0 Å². The third kappa shape index (κ3) is 3.21. The molecule has 2 aromatic rings. The van der Waals surface area contributed by atoms with Gasteiger partial charge in [0.15, 0.2) is 0 Å². The first-order valence-electron chi connectivity index (χ1n) is 6.23. The van der Waals surface area contributed by atoms with E-state index in [9.17, 15) is 0 Å². The van der Waals surface area contributed by atoms with Crippen LogP contribution in [0.2, 0.25) is 0 Å². The molecule has 0 saturated heterocycles. The summed E-state index contributed by atoms with van der Waals surface area (Å²) in [6.45, 7) is 4.29. The van der Waals surface area contributed by atoms with E-state index in [1.54, 1.807) is 0 Å². The summed E-state index contributed by atoms with van der Waals surface area (Å²) in [7, 11) is 0. The maximum absolute atomic E-state index is 2.18. The maximum atomic E-state index is 2.18. The molecule has 0 atom stereocenters. The average molecular weight is 234 g/mol. The van der Waals surface area contributed by atoms with Crippen LogP contribution >= 0.6 is 0 Å². The highest BCUT2D eigenvalue weighted by molar-refractivity contribution is 5.71. The molecule has 0 bridgehead atoms. The van der Waals surface area contributed by atoms with Crippen LogP contribution in [0.4, 0.5) is 0 Å². The van der Waals surface area contributed by atoms with Gasteiger partial charge in [-0.15, -0.1) is 0 Å². The molecule has 0 aromatic heterocycles. The van der Waals surface area contributed by atoms with Crippen molar-refractivity contribution in [3.8, 4) is 0 Å². The lowest BCUT2D eigenvalue weighted by atomic mass is 10.0. The third-order valence-electron chi connectivity index (χ3n) is 3.04. The van der Waals surface area contributed by atoms with Crippen LogP contribution < -0.4 is 0 Å². The van der Waals surface area contributed by atoms with Gasteiger partial charge in [0.05, 0.1) is 0 Å². The normalized spacial score (nSPS) is 12.6. The van der Waals surface area contributed by atoms with Crippen molar-refractivity contribution in [1.29, 1.82) is 0 Å². The maximum Gasteiger partial charge on any atom is -0.0227 e. The number of rotatable bonds is 3. The van der Waals surface area contributed by atoms with E-state index >= 15 is 0 Å². The fourth-order valence-electron chi connectivity index (χ4n) is 1.84. The zero-order valence-corrected chi connectivity index (χ0v) is 10.9. The second kappa shape index (κ2) is 6.02. The van der Waals surface area contributed by atoms with Crippen molar-refractivity contribution in [2.45, 2.75) is 13.8 Å². The Morgan fingerprint density at radius 1 is 0.611 bits per heavy atom. The molecule has 0 aliphatic rings.